The van der Waals surface area contributed by atoms with Gasteiger partial charge >= 0.3 is 127 Å². The van der Waals surface area contributed by atoms with Crippen LogP contribution in [0.5, 0.6) is 0 Å². The second-order valence-corrected chi connectivity index (χ2v) is 6.61. The summed E-state index contributed by atoms with van der Waals surface area (Å²) >= 11 is 1.48. The number of hydrogen-bond acceptors (Lipinski definition) is 4. The molecule has 0 amide bonds. The van der Waals surface area contributed by atoms with E-state index < -0.39 is 0 Å². The van der Waals surface area contributed by atoms with Crippen molar-refractivity contribution in [3.8, 4) is 0 Å². The Morgan fingerprint density at radius 1 is 1.05 bits per heavy atom. The van der Waals surface area contributed by atoms with Crippen molar-refractivity contribution in [1.82, 2.24) is 14.9 Å². The third-order valence-electron chi connectivity index (χ3n) is 3.88. The number of hydrogen-bond donors (Lipinski definition) is 0. The molecule has 110 valence electrons. The van der Waals surface area contributed by atoms with Crippen LogP contribution in [0.15, 0.2) is 36.5 Å². The fraction of sp³-hybridized carbons (Fsp3) is 0.375. The van der Waals surface area contributed by atoms with Gasteiger partial charge in [-0.2, -0.15) is 0 Å². The molecular weight excluding hydrogens is 323 g/mol. The van der Waals surface area contributed by atoms with Crippen molar-refractivity contribution < 1.29 is 0 Å². The predicted molar refractivity (Wildman–Crippen MR) is 88.9 cm³/mol. The maximum absolute atomic E-state index is 4.54. The van der Waals surface area contributed by atoms with Crippen molar-refractivity contribution in [3.05, 3.63) is 47.7 Å². The molecule has 0 radical (unpaired) electrons. The molecule has 2 heterocycles. The Hall–Kier alpha value is -1.38. The average molecular weight is 344 g/mol. The fourth-order valence-electron chi connectivity index (χ4n) is 2.63. The van der Waals surface area contributed by atoms with Crippen molar-refractivity contribution in [2.75, 3.05) is 31.1 Å². The predicted octanol–water partition coefficient (Wildman–Crippen LogP) is 0.366. The molecule has 1 saturated heterocycles. The quantitative estimate of drug-likeness (QED) is 0.753. The average Bonchev–Trinajstić information content (AvgIpc) is 2.50. The van der Waals surface area contributed by atoms with Crippen molar-refractivity contribution >= 4 is 27.3 Å². The molecule has 0 aliphatic carbocycles. The second kappa shape index (κ2) is 6.59. The van der Waals surface area contributed by atoms with E-state index in [2.05, 4.69) is 51.0 Å². The molecular formula is C16H21AsN4. The Labute approximate surface area is 134 Å². The van der Waals surface area contributed by atoms with Crippen molar-refractivity contribution in [3.63, 3.8) is 0 Å². The summed E-state index contributed by atoms with van der Waals surface area (Å²) in [5, 5.41) is 0. The van der Waals surface area contributed by atoms with E-state index in [-0.39, 0.29) is 0 Å². The van der Waals surface area contributed by atoms with E-state index in [1.165, 1.54) is 28.0 Å². The summed E-state index contributed by atoms with van der Waals surface area (Å²) in [6.45, 7) is 7.42. The maximum atomic E-state index is 4.54. The van der Waals surface area contributed by atoms with Gasteiger partial charge in [-0.15, -0.1) is 0 Å². The van der Waals surface area contributed by atoms with Crippen LogP contribution in [-0.2, 0) is 6.54 Å². The Balaban J connectivity index is 1.56. The zero-order valence-corrected chi connectivity index (χ0v) is 14.8. The van der Waals surface area contributed by atoms with Crippen molar-refractivity contribution in [2.24, 2.45) is 0 Å². The van der Waals surface area contributed by atoms with Gasteiger partial charge in [0.15, 0.2) is 0 Å². The Bertz CT molecular complexity index is 591. The SMILES string of the molecule is Cc1ccc(CN2CCN(c3ccnc([AsH2])n3)CC2)cc1. The first-order valence-corrected chi connectivity index (χ1v) is 8.53. The Morgan fingerprint density at radius 3 is 2.43 bits per heavy atom. The van der Waals surface area contributed by atoms with Crippen LogP contribution in [0.4, 0.5) is 5.82 Å². The van der Waals surface area contributed by atoms with Crippen LogP contribution < -0.4 is 9.51 Å². The van der Waals surface area contributed by atoms with Gasteiger partial charge in [0, 0.05) is 0 Å². The summed E-state index contributed by atoms with van der Waals surface area (Å²) in [5.74, 6) is 1.07. The first-order valence-electron chi connectivity index (χ1n) is 7.32. The third-order valence-corrected chi connectivity index (χ3v) is 4.47. The number of aryl methyl sites for hydroxylation is 1. The first-order chi connectivity index (χ1) is 10.2. The number of benzene rings is 1. The molecule has 4 nitrogen and oxygen atoms in total. The van der Waals surface area contributed by atoms with Crippen LogP contribution in [0.1, 0.15) is 11.1 Å². The minimum atomic E-state index is 0.905. The third kappa shape index (κ3) is 3.83. The molecule has 1 aliphatic rings. The van der Waals surface area contributed by atoms with Gasteiger partial charge in [-0.1, -0.05) is 0 Å². The van der Waals surface area contributed by atoms with E-state index in [0.29, 0.717) is 0 Å². The first kappa shape index (κ1) is 14.6. The Morgan fingerprint density at radius 2 is 1.76 bits per heavy atom. The number of rotatable bonds is 3. The van der Waals surface area contributed by atoms with Gasteiger partial charge < -0.3 is 0 Å². The van der Waals surface area contributed by atoms with Crippen LogP contribution in [0.2, 0.25) is 0 Å². The molecule has 1 fully saturated rings. The van der Waals surface area contributed by atoms with Crippen LogP contribution in [0.3, 0.4) is 0 Å². The molecule has 21 heavy (non-hydrogen) atoms. The van der Waals surface area contributed by atoms with Gasteiger partial charge in [0.25, 0.3) is 0 Å². The van der Waals surface area contributed by atoms with Crippen LogP contribution in [-0.4, -0.2) is 57.9 Å². The standard InChI is InChI=1S/C16H21AsN4/c1-13-2-4-14(5-3-13)12-20-8-10-21(11-9-20)15-6-7-18-16(17)19-15/h2-7H,8-12,17H2,1H3. The number of nitrogens with zero attached hydrogens (tertiary/aromatic N) is 4. The molecule has 1 aromatic carbocycles. The van der Waals surface area contributed by atoms with Gasteiger partial charge in [0.1, 0.15) is 0 Å². The van der Waals surface area contributed by atoms with Crippen LogP contribution in [0, 0.1) is 6.92 Å². The van der Waals surface area contributed by atoms with Crippen LogP contribution in [0.25, 0.3) is 0 Å². The summed E-state index contributed by atoms with van der Waals surface area (Å²) in [5.41, 5.74) is 2.72. The van der Waals surface area contributed by atoms with E-state index in [4.69, 9.17) is 0 Å². The number of anilines is 1. The fourth-order valence-corrected chi connectivity index (χ4v) is 3.08. The van der Waals surface area contributed by atoms with E-state index in [0.717, 1.165) is 43.2 Å². The molecule has 1 unspecified atom stereocenters. The molecule has 3 rings (SSSR count). The van der Waals surface area contributed by atoms with Crippen LogP contribution >= 0.6 is 0 Å². The summed E-state index contributed by atoms with van der Waals surface area (Å²) in [6, 6.07) is 10.9. The van der Waals surface area contributed by atoms with Gasteiger partial charge in [-0.3, -0.25) is 0 Å². The summed E-state index contributed by atoms with van der Waals surface area (Å²) in [6.07, 6.45) is 1.86. The summed E-state index contributed by atoms with van der Waals surface area (Å²) in [7, 11) is 0. The van der Waals surface area contributed by atoms with E-state index >= 15 is 0 Å². The monoisotopic (exact) mass is 344 g/mol. The summed E-state index contributed by atoms with van der Waals surface area (Å²) in [4.78, 5) is 13.6. The van der Waals surface area contributed by atoms with Crippen molar-refractivity contribution in [1.29, 1.82) is 0 Å². The molecule has 2 aromatic rings. The van der Waals surface area contributed by atoms with E-state index in [9.17, 15) is 0 Å². The Kier molecular flexibility index (Phi) is 4.56. The molecule has 0 saturated carbocycles. The molecule has 0 spiro atoms. The molecule has 5 heteroatoms. The topological polar surface area (TPSA) is 32.3 Å². The minimum absolute atomic E-state index is 0.905. The van der Waals surface area contributed by atoms with E-state index in [1.54, 1.807) is 0 Å². The zero-order chi connectivity index (χ0) is 14.7. The summed E-state index contributed by atoms with van der Waals surface area (Å²) < 4.78 is 0.905. The zero-order valence-electron chi connectivity index (χ0n) is 12.4. The van der Waals surface area contributed by atoms with Gasteiger partial charge in [-0.25, -0.2) is 0 Å². The number of aromatic nitrogens is 2. The van der Waals surface area contributed by atoms with Crippen molar-refractivity contribution in [2.45, 2.75) is 13.5 Å². The van der Waals surface area contributed by atoms with E-state index in [1.807, 2.05) is 12.3 Å². The second-order valence-electron chi connectivity index (χ2n) is 5.52. The van der Waals surface area contributed by atoms with Gasteiger partial charge in [0.2, 0.25) is 0 Å². The molecule has 0 N–H and O–H groups in total. The molecule has 0 bridgehead atoms. The molecule has 1 aromatic heterocycles. The molecule has 1 aliphatic heterocycles. The van der Waals surface area contributed by atoms with Gasteiger partial charge in [-0.05, 0) is 6.92 Å². The van der Waals surface area contributed by atoms with Gasteiger partial charge in [0.05, 0.1) is 0 Å². The molecule has 1 atom stereocenters. The number of piperazine rings is 1. The normalized spacial score (nSPS) is 16.2.